The van der Waals surface area contributed by atoms with E-state index in [1.807, 2.05) is 54.8 Å². The molecule has 5 nitrogen and oxygen atoms in total. The van der Waals surface area contributed by atoms with Gasteiger partial charge in [-0.3, -0.25) is 0 Å². The van der Waals surface area contributed by atoms with Crippen molar-refractivity contribution in [2.45, 2.75) is 26.8 Å². The highest BCUT2D eigenvalue weighted by Gasteiger charge is 2.23. The number of aromatic nitrogens is 1. The molecule has 3 aromatic rings. The highest BCUT2D eigenvalue weighted by Crippen LogP contribution is 2.27. The summed E-state index contributed by atoms with van der Waals surface area (Å²) >= 11 is 6.00. The number of hydrogen-bond donors (Lipinski definition) is 2. The van der Waals surface area contributed by atoms with E-state index in [2.05, 4.69) is 5.32 Å². The van der Waals surface area contributed by atoms with E-state index in [0.717, 1.165) is 34.7 Å². The van der Waals surface area contributed by atoms with E-state index in [1.54, 1.807) is 19.2 Å². The van der Waals surface area contributed by atoms with Crippen molar-refractivity contribution >= 4 is 17.6 Å². The maximum absolute atomic E-state index is 12.0. The summed E-state index contributed by atoms with van der Waals surface area (Å²) in [6, 6.07) is 15.3. The average molecular weight is 413 g/mol. The van der Waals surface area contributed by atoms with Crippen molar-refractivity contribution in [2.24, 2.45) is 0 Å². The maximum atomic E-state index is 12.0. The van der Waals surface area contributed by atoms with Gasteiger partial charge in [-0.2, -0.15) is 0 Å². The van der Waals surface area contributed by atoms with Gasteiger partial charge in [-0.25, -0.2) is 4.79 Å². The molecule has 0 fully saturated rings. The van der Waals surface area contributed by atoms with Crippen LogP contribution in [0.2, 0.25) is 5.02 Å². The molecule has 0 saturated carbocycles. The lowest BCUT2D eigenvalue weighted by Gasteiger charge is -2.11. The number of ether oxygens (including phenoxy) is 1. The Labute approximate surface area is 175 Å². The molecule has 0 atom stereocenters. The third-order valence-corrected chi connectivity index (χ3v) is 5.39. The molecule has 0 aliphatic heterocycles. The number of carbonyl (C=O) groups is 1. The summed E-state index contributed by atoms with van der Waals surface area (Å²) in [5, 5.41) is 13.8. The number of nitrogens with zero attached hydrogens (tertiary/aromatic N) is 1. The zero-order chi connectivity index (χ0) is 21.0. The molecule has 0 amide bonds. The second kappa shape index (κ2) is 9.16. The van der Waals surface area contributed by atoms with Crippen LogP contribution in [0.25, 0.3) is 5.69 Å². The smallest absolute Gasteiger partial charge is 0.337 e. The number of carboxylic acid groups (broad SMARTS) is 1. The molecule has 0 aliphatic carbocycles. The summed E-state index contributed by atoms with van der Waals surface area (Å²) < 4.78 is 7.36. The monoisotopic (exact) mass is 412 g/mol. The average Bonchev–Trinajstić information content (AvgIpc) is 2.96. The topological polar surface area (TPSA) is 63.5 Å². The molecule has 1 heterocycles. The van der Waals surface area contributed by atoms with Gasteiger partial charge in [-0.1, -0.05) is 29.8 Å². The Morgan fingerprint density at radius 1 is 1.10 bits per heavy atom. The Morgan fingerprint density at radius 3 is 2.45 bits per heavy atom. The molecule has 0 saturated heterocycles. The fraction of sp³-hybridized carbons (Fsp3) is 0.261. The van der Waals surface area contributed by atoms with Gasteiger partial charge in [0.15, 0.2) is 0 Å². The summed E-state index contributed by atoms with van der Waals surface area (Å²) in [4.78, 5) is 12.0. The first-order chi connectivity index (χ1) is 13.9. The van der Waals surface area contributed by atoms with Gasteiger partial charge in [-0.05, 0) is 62.7 Å². The van der Waals surface area contributed by atoms with Gasteiger partial charge in [0.1, 0.15) is 5.75 Å². The van der Waals surface area contributed by atoms with Crippen molar-refractivity contribution in [3.63, 3.8) is 0 Å². The number of benzene rings is 2. The molecule has 3 rings (SSSR count). The van der Waals surface area contributed by atoms with Crippen molar-refractivity contribution in [1.29, 1.82) is 0 Å². The van der Waals surface area contributed by atoms with Crippen molar-refractivity contribution < 1.29 is 14.6 Å². The van der Waals surface area contributed by atoms with E-state index in [-0.39, 0.29) is 0 Å². The fourth-order valence-corrected chi connectivity index (χ4v) is 3.85. The second-order valence-electron chi connectivity index (χ2n) is 6.88. The SMILES string of the molecule is COc1ccccc1CCNCc1c(C(=O)O)c(C)n(-c2ccc(Cl)cc2)c1C. The third-order valence-electron chi connectivity index (χ3n) is 5.14. The van der Waals surface area contributed by atoms with E-state index in [1.165, 1.54) is 0 Å². The van der Waals surface area contributed by atoms with E-state index in [0.29, 0.717) is 29.4 Å². The molecule has 29 heavy (non-hydrogen) atoms. The molecule has 6 heteroatoms. The molecule has 0 bridgehead atoms. The van der Waals surface area contributed by atoms with Crippen molar-refractivity contribution in [3.05, 3.63) is 81.6 Å². The number of nitrogens with one attached hydrogen (secondary N) is 1. The van der Waals surface area contributed by atoms with E-state index >= 15 is 0 Å². The first-order valence-corrected chi connectivity index (χ1v) is 9.84. The molecule has 152 valence electrons. The second-order valence-corrected chi connectivity index (χ2v) is 7.32. The first kappa shape index (κ1) is 21.0. The first-order valence-electron chi connectivity index (χ1n) is 9.46. The summed E-state index contributed by atoms with van der Waals surface area (Å²) in [6.45, 7) is 4.97. The van der Waals surface area contributed by atoms with Crippen LogP contribution in [0, 0.1) is 13.8 Å². The van der Waals surface area contributed by atoms with Gasteiger partial charge in [0.25, 0.3) is 0 Å². The van der Waals surface area contributed by atoms with Crippen LogP contribution < -0.4 is 10.1 Å². The van der Waals surface area contributed by atoms with Crippen LogP contribution in [0.5, 0.6) is 5.75 Å². The Kier molecular flexibility index (Phi) is 6.62. The number of aromatic carboxylic acids is 1. The number of methoxy groups -OCH3 is 1. The summed E-state index contributed by atoms with van der Waals surface area (Å²) in [5.41, 5.74) is 4.78. The van der Waals surface area contributed by atoms with Crippen molar-refractivity contribution in [3.8, 4) is 11.4 Å². The Balaban J connectivity index is 1.80. The maximum Gasteiger partial charge on any atom is 0.337 e. The lowest BCUT2D eigenvalue weighted by molar-refractivity contribution is 0.0695. The zero-order valence-electron chi connectivity index (χ0n) is 16.8. The van der Waals surface area contributed by atoms with Crippen LogP contribution in [-0.2, 0) is 13.0 Å². The Hall–Kier alpha value is -2.76. The van der Waals surface area contributed by atoms with Crippen LogP contribution in [0.4, 0.5) is 0 Å². The molecule has 0 aliphatic rings. The Morgan fingerprint density at radius 2 is 1.79 bits per heavy atom. The minimum Gasteiger partial charge on any atom is -0.496 e. The number of carboxylic acids is 1. The van der Waals surface area contributed by atoms with Crippen molar-refractivity contribution in [1.82, 2.24) is 9.88 Å². The largest absolute Gasteiger partial charge is 0.496 e. The molecular formula is C23H25ClN2O3. The van der Waals surface area contributed by atoms with Gasteiger partial charge >= 0.3 is 5.97 Å². The van der Waals surface area contributed by atoms with Gasteiger partial charge < -0.3 is 19.7 Å². The molecule has 1 aromatic heterocycles. The van der Waals surface area contributed by atoms with E-state index in [9.17, 15) is 9.90 Å². The normalized spacial score (nSPS) is 10.9. The number of rotatable bonds is 8. The Bertz CT molecular complexity index is 1010. The van der Waals surface area contributed by atoms with Gasteiger partial charge in [0.2, 0.25) is 0 Å². The van der Waals surface area contributed by atoms with Crippen LogP contribution in [0.1, 0.15) is 32.9 Å². The molecular weight excluding hydrogens is 388 g/mol. The van der Waals surface area contributed by atoms with E-state index < -0.39 is 5.97 Å². The molecule has 0 radical (unpaired) electrons. The van der Waals surface area contributed by atoms with Gasteiger partial charge in [0, 0.05) is 34.2 Å². The minimum atomic E-state index is -0.917. The van der Waals surface area contributed by atoms with Crippen molar-refractivity contribution in [2.75, 3.05) is 13.7 Å². The van der Waals surface area contributed by atoms with Crippen LogP contribution in [-0.4, -0.2) is 29.3 Å². The van der Waals surface area contributed by atoms with Crippen LogP contribution in [0.15, 0.2) is 48.5 Å². The highest BCUT2D eigenvalue weighted by molar-refractivity contribution is 6.30. The number of hydrogen-bond acceptors (Lipinski definition) is 3. The zero-order valence-corrected chi connectivity index (χ0v) is 17.6. The molecule has 0 unspecified atom stereocenters. The van der Waals surface area contributed by atoms with Gasteiger partial charge in [-0.15, -0.1) is 0 Å². The lowest BCUT2D eigenvalue weighted by atomic mass is 10.1. The molecule has 2 aromatic carbocycles. The predicted octanol–water partition coefficient (Wildman–Crippen LogP) is 4.79. The standard InChI is InChI=1S/C23H25ClN2O3/c1-15-20(14-25-13-12-17-6-4-5-7-21(17)29-3)22(23(27)28)16(2)26(15)19-10-8-18(24)9-11-19/h4-11,25H,12-14H2,1-3H3,(H,27,28). The lowest BCUT2D eigenvalue weighted by Crippen LogP contribution is -2.19. The summed E-state index contributed by atoms with van der Waals surface area (Å²) in [7, 11) is 1.66. The van der Waals surface area contributed by atoms with Gasteiger partial charge in [0.05, 0.1) is 12.7 Å². The third kappa shape index (κ3) is 4.47. The molecule has 0 spiro atoms. The number of halogens is 1. The van der Waals surface area contributed by atoms with Crippen LogP contribution in [0.3, 0.4) is 0 Å². The quantitative estimate of drug-likeness (QED) is 0.522. The molecule has 2 N–H and O–H groups in total. The minimum absolute atomic E-state index is 0.349. The predicted molar refractivity (Wildman–Crippen MR) is 116 cm³/mol. The number of para-hydroxylation sites is 1. The summed E-state index contributed by atoms with van der Waals surface area (Å²) in [5.74, 6) is -0.0544. The fourth-order valence-electron chi connectivity index (χ4n) is 3.72. The van der Waals surface area contributed by atoms with E-state index in [4.69, 9.17) is 16.3 Å². The summed E-state index contributed by atoms with van der Waals surface area (Å²) in [6.07, 6.45) is 0.794. The highest BCUT2D eigenvalue weighted by atomic mass is 35.5. The van der Waals surface area contributed by atoms with Crippen LogP contribution >= 0.6 is 11.6 Å².